The molecule has 0 bridgehead atoms. The van der Waals surface area contributed by atoms with Crippen LogP contribution in [0.1, 0.15) is 24.8 Å². The second-order valence-corrected chi connectivity index (χ2v) is 5.29. The molecule has 0 aromatic heterocycles. The second kappa shape index (κ2) is 6.91. The first-order valence-electron chi connectivity index (χ1n) is 7.27. The van der Waals surface area contributed by atoms with Crippen LogP contribution in [0.15, 0.2) is 30.3 Å². The van der Waals surface area contributed by atoms with E-state index >= 15 is 0 Å². The van der Waals surface area contributed by atoms with E-state index in [1.165, 1.54) is 5.56 Å². The summed E-state index contributed by atoms with van der Waals surface area (Å²) >= 11 is 0. The van der Waals surface area contributed by atoms with Gasteiger partial charge in [-0.2, -0.15) is 0 Å². The highest BCUT2D eigenvalue weighted by atomic mass is 16.5. The molecule has 0 radical (unpaired) electrons. The third-order valence-electron chi connectivity index (χ3n) is 3.99. The van der Waals surface area contributed by atoms with Crippen molar-refractivity contribution in [2.45, 2.75) is 26.1 Å². The maximum Gasteiger partial charge on any atom is 0.376 e. The van der Waals surface area contributed by atoms with E-state index in [9.17, 15) is 9.82 Å². The van der Waals surface area contributed by atoms with E-state index in [2.05, 4.69) is 12.1 Å². The lowest BCUT2D eigenvalue weighted by Gasteiger charge is -2.38. The van der Waals surface area contributed by atoms with Gasteiger partial charge in [0.2, 0.25) is 0 Å². The Morgan fingerprint density at radius 2 is 2.15 bits per heavy atom. The molecule has 0 saturated carbocycles. The quantitative estimate of drug-likeness (QED) is 0.672. The van der Waals surface area contributed by atoms with E-state index in [1.54, 1.807) is 6.82 Å². The number of ether oxygens (including phenoxy) is 1. The van der Waals surface area contributed by atoms with Gasteiger partial charge in [0.05, 0.1) is 12.5 Å². The number of piperidine rings is 1. The number of carbonyl (C=O) groups is 1. The van der Waals surface area contributed by atoms with Crippen LogP contribution in [0.2, 0.25) is 6.82 Å². The zero-order valence-corrected chi connectivity index (χ0v) is 12.2. The molecule has 1 aliphatic heterocycles. The van der Waals surface area contributed by atoms with E-state index < -0.39 is 7.05 Å². The van der Waals surface area contributed by atoms with E-state index in [4.69, 9.17) is 4.74 Å². The highest BCUT2D eigenvalue weighted by molar-refractivity contribution is 6.45. The van der Waals surface area contributed by atoms with E-state index in [1.807, 2.05) is 29.9 Å². The summed E-state index contributed by atoms with van der Waals surface area (Å²) in [7, 11) is -0.524. The van der Waals surface area contributed by atoms with Crippen molar-refractivity contribution in [2.24, 2.45) is 5.92 Å². The molecule has 1 heterocycles. The molecule has 1 aromatic carbocycles. The number of nitrogens with zero attached hydrogens (tertiary/aromatic N) is 1. The molecule has 2 atom stereocenters. The van der Waals surface area contributed by atoms with Crippen molar-refractivity contribution in [3.05, 3.63) is 35.9 Å². The molecule has 108 valence electrons. The number of esters is 1. The Balaban J connectivity index is 2.19. The fraction of sp³-hybridized carbons (Fsp3) is 0.533. The lowest BCUT2D eigenvalue weighted by molar-refractivity contribution is -0.150. The molecule has 1 aliphatic rings. The first-order chi connectivity index (χ1) is 9.63. The van der Waals surface area contributed by atoms with Crippen molar-refractivity contribution in [2.75, 3.05) is 19.7 Å². The van der Waals surface area contributed by atoms with Gasteiger partial charge in [-0.25, -0.2) is 0 Å². The van der Waals surface area contributed by atoms with Crippen molar-refractivity contribution < 1.29 is 14.6 Å². The lowest BCUT2D eigenvalue weighted by atomic mass is 9.74. The highest BCUT2D eigenvalue weighted by Gasteiger charge is 2.37. The fourth-order valence-electron chi connectivity index (χ4n) is 2.90. The lowest BCUT2D eigenvalue weighted by Crippen LogP contribution is -2.49. The number of carbonyl (C=O) groups excluding carboxylic acids is 1. The Labute approximate surface area is 120 Å². The van der Waals surface area contributed by atoms with Crippen LogP contribution in [-0.4, -0.2) is 42.6 Å². The van der Waals surface area contributed by atoms with Crippen molar-refractivity contribution in [1.82, 2.24) is 4.81 Å². The third kappa shape index (κ3) is 3.41. The summed E-state index contributed by atoms with van der Waals surface area (Å²) in [5.74, 6) is -0.197. The topological polar surface area (TPSA) is 49.8 Å². The van der Waals surface area contributed by atoms with E-state index in [-0.39, 0.29) is 17.8 Å². The molecule has 2 rings (SSSR count). The predicted molar refractivity (Wildman–Crippen MR) is 79.3 cm³/mol. The summed E-state index contributed by atoms with van der Waals surface area (Å²) in [4.78, 5) is 14.2. The molecule has 1 saturated heterocycles. The van der Waals surface area contributed by atoms with E-state index in [0.29, 0.717) is 13.2 Å². The Bertz CT molecular complexity index is 438. The Hall–Kier alpha value is -1.33. The molecular formula is C15H22BNO3. The van der Waals surface area contributed by atoms with Crippen LogP contribution in [0.4, 0.5) is 0 Å². The van der Waals surface area contributed by atoms with E-state index in [0.717, 1.165) is 13.0 Å². The van der Waals surface area contributed by atoms with Gasteiger partial charge in [-0.15, -0.1) is 0 Å². The van der Waals surface area contributed by atoms with Crippen LogP contribution in [-0.2, 0) is 9.53 Å². The molecule has 20 heavy (non-hydrogen) atoms. The van der Waals surface area contributed by atoms with Crippen molar-refractivity contribution >= 4 is 13.0 Å². The van der Waals surface area contributed by atoms with Gasteiger partial charge in [0, 0.05) is 6.54 Å². The number of hydrogen-bond acceptors (Lipinski definition) is 4. The minimum absolute atomic E-state index is 0.160. The van der Waals surface area contributed by atoms with Gasteiger partial charge in [0.15, 0.2) is 0 Å². The SMILES string of the molecule is CCOC(=O)[C@@H]1CN(B(C)O)CC[C@@H]1c1ccccc1. The standard InChI is InChI=1S/C15H22BNO3/c1-3-20-15(18)14-11-17(16(2)19)10-9-13(14)12-7-5-4-6-8-12/h4-8,13-14,19H,3,9-11H2,1-2H3/t13-,14-/m1/s1. The molecule has 0 unspecified atom stereocenters. The number of hydrogen-bond donors (Lipinski definition) is 1. The largest absolute Gasteiger partial charge is 0.466 e. The van der Waals surface area contributed by atoms with Crippen LogP contribution in [0, 0.1) is 5.92 Å². The average molecular weight is 275 g/mol. The Kier molecular flexibility index (Phi) is 5.20. The van der Waals surface area contributed by atoms with Gasteiger partial charge >= 0.3 is 13.0 Å². The number of rotatable bonds is 4. The summed E-state index contributed by atoms with van der Waals surface area (Å²) in [5, 5.41) is 9.74. The van der Waals surface area contributed by atoms with Crippen LogP contribution in [0.5, 0.6) is 0 Å². The number of benzene rings is 1. The summed E-state index contributed by atoms with van der Waals surface area (Å²) in [5.41, 5.74) is 1.18. The minimum Gasteiger partial charge on any atom is -0.466 e. The first-order valence-corrected chi connectivity index (χ1v) is 7.27. The summed E-state index contributed by atoms with van der Waals surface area (Å²) in [6.45, 7) is 5.31. The normalized spacial score (nSPS) is 23.4. The zero-order chi connectivity index (χ0) is 14.5. The summed E-state index contributed by atoms with van der Waals surface area (Å²) in [6.07, 6.45) is 0.860. The first kappa shape index (κ1) is 15.1. The van der Waals surface area contributed by atoms with Crippen molar-refractivity contribution in [3.63, 3.8) is 0 Å². The zero-order valence-electron chi connectivity index (χ0n) is 12.2. The van der Waals surface area contributed by atoms with Gasteiger partial charge in [-0.05, 0) is 38.2 Å². The van der Waals surface area contributed by atoms with Crippen molar-refractivity contribution in [3.8, 4) is 0 Å². The second-order valence-electron chi connectivity index (χ2n) is 5.29. The minimum atomic E-state index is -0.524. The molecule has 5 heteroatoms. The van der Waals surface area contributed by atoms with Gasteiger partial charge in [0.25, 0.3) is 0 Å². The maximum absolute atomic E-state index is 12.2. The molecular weight excluding hydrogens is 253 g/mol. The molecule has 1 aromatic rings. The van der Waals surface area contributed by atoms with Crippen LogP contribution in [0.3, 0.4) is 0 Å². The summed E-state index contributed by atoms with van der Waals surface area (Å²) in [6, 6.07) is 10.1. The fourth-order valence-corrected chi connectivity index (χ4v) is 2.90. The highest BCUT2D eigenvalue weighted by Crippen LogP contribution is 2.34. The van der Waals surface area contributed by atoms with Gasteiger partial charge in [-0.3, -0.25) is 4.79 Å². The van der Waals surface area contributed by atoms with Crippen LogP contribution in [0.25, 0.3) is 0 Å². The Morgan fingerprint density at radius 3 is 2.75 bits per heavy atom. The van der Waals surface area contributed by atoms with Gasteiger partial charge in [-0.1, -0.05) is 30.3 Å². The molecule has 0 amide bonds. The Morgan fingerprint density at radius 1 is 1.45 bits per heavy atom. The third-order valence-corrected chi connectivity index (χ3v) is 3.99. The van der Waals surface area contributed by atoms with Crippen molar-refractivity contribution in [1.29, 1.82) is 0 Å². The molecule has 4 nitrogen and oxygen atoms in total. The van der Waals surface area contributed by atoms with Gasteiger partial charge in [0.1, 0.15) is 0 Å². The maximum atomic E-state index is 12.2. The average Bonchev–Trinajstić information content (AvgIpc) is 2.47. The molecule has 1 N–H and O–H groups in total. The predicted octanol–water partition coefficient (Wildman–Crippen LogP) is 1.77. The molecule has 0 spiro atoms. The summed E-state index contributed by atoms with van der Waals surface area (Å²) < 4.78 is 5.21. The molecule has 0 aliphatic carbocycles. The van der Waals surface area contributed by atoms with Crippen LogP contribution < -0.4 is 0 Å². The monoisotopic (exact) mass is 275 g/mol. The van der Waals surface area contributed by atoms with Crippen LogP contribution >= 0.6 is 0 Å². The van der Waals surface area contributed by atoms with Gasteiger partial charge < -0.3 is 14.6 Å². The molecule has 1 fully saturated rings. The smallest absolute Gasteiger partial charge is 0.376 e.